The number of anilines is 1. The molecule has 0 radical (unpaired) electrons. The van der Waals surface area contributed by atoms with Gasteiger partial charge < -0.3 is 5.11 Å². The van der Waals surface area contributed by atoms with Crippen LogP contribution in [0, 0.1) is 0 Å². The number of aliphatic hydroxyl groups is 1. The number of ketones is 1. The van der Waals surface area contributed by atoms with Crippen molar-refractivity contribution in [1.29, 1.82) is 0 Å². The van der Waals surface area contributed by atoms with Crippen molar-refractivity contribution in [3.8, 4) is 0 Å². The van der Waals surface area contributed by atoms with E-state index in [1.807, 2.05) is 18.2 Å². The van der Waals surface area contributed by atoms with E-state index in [2.05, 4.69) is 39.4 Å². The number of nitrogens with zero attached hydrogens (tertiary/aromatic N) is 4. The van der Waals surface area contributed by atoms with Crippen LogP contribution in [0.5, 0.6) is 0 Å². The summed E-state index contributed by atoms with van der Waals surface area (Å²) < 4.78 is 0.631. The van der Waals surface area contributed by atoms with Crippen molar-refractivity contribution in [1.82, 2.24) is 15.2 Å². The molecule has 0 bridgehead atoms. The normalized spacial score (nSPS) is 16.6. The van der Waals surface area contributed by atoms with Crippen molar-refractivity contribution in [2.45, 2.75) is 16.1 Å². The van der Waals surface area contributed by atoms with Gasteiger partial charge >= 0.3 is 5.91 Å². The van der Waals surface area contributed by atoms with E-state index in [9.17, 15) is 14.7 Å². The van der Waals surface area contributed by atoms with Crippen molar-refractivity contribution in [3.63, 3.8) is 0 Å². The molecule has 1 atom stereocenters. The van der Waals surface area contributed by atoms with Gasteiger partial charge in [-0.15, -0.1) is 10.2 Å². The Balaban J connectivity index is 1.38. The quantitative estimate of drug-likeness (QED) is 0.0713. The van der Waals surface area contributed by atoms with Gasteiger partial charge in [-0.1, -0.05) is 94.8 Å². The van der Waals surface area contributed by atoms with E-state index in [1.165, 1.54) is 40.4 Å². The number of rotatable bonds is 6. The molecule has 1 amide bonds. The number of thioether (sulfide) groups is 1. The van der Waals surface area contributed by atoms with Crippen molar-refractivity contribution in [2.75, 3.05) is 4.90 Å². The molecule has 0 aliphatic carbocycles. The summed E-state index contributed by atoms with van der Waals surface area (Å²) in [6.07, 6.45) is 2.98. The third-order valence-electron chi connectivity index (χ3n) is 6.49. The van der Waals surface area contributed by atoms with Crippen LogP contribution in [0.15, 0.2) is 95.1 Å². The second-order valence-electron chi connectivity index (χ2n) is 8.86. The number of fused-ring (bicyclic) bond motifs is 1. The van der Waals surface area contributed by atoms with Gasteiger partial charge in [0, 0.05) is 23.7 Å². The van der Waals surface area contributed by atoms with Crippen molar-refractivity contribution < 1.29 is 14.7 Å². The number of pyridine rings is 1. The van der Waals surface area contributed by atoms with Crippen LogP contribution in [-0.4, -0.2) is 32.0 Å². The monoisotopic (exact) mass is 604 g/mol. The lowest BCUT2D eigenvalue weighted by Crippen LogP contribution is -2.29. The van der Waals surface area contributed by atoms with Gasteiger partial charge in [0.15, 0.2) is 4.34 Å². The molecule has 40 heavy (non-hydrogen) atoms. The van der Waals surface area contributed by atoms with Gasteiger partial charge in [0.2, 0.25) is 5.13 Å². The SMILES string of the molecule is O=C1C(=O)N(c2nnc(SCc3cccc4ccccc34)s2)C(c2ccc(Cl)c(Cl)c2)C1=C(O)c1ccncc1. The molecule has 6 rings (SSSR count). The van der Waals surface area contributed by atoms with E-state index in [4.69, 9.17) is 23.2 Å². The Kier molecular flexibility index (Phi) is 7.29. The highest BCUT2D eigenvalue weighted by Crippen LogP contribution is 2.45. The summed E-state index contributed by atoms with van der Waals surface area (Å²) in [6.45, 7) is 0. The van der Waals surface area contributed by atoms with E-state index >= 15 is 0 Å². The Morgan fingerprint density at radius 3 is 2.52 bits per heavy atom. The molecule has 2 aromatic heterocycles. The minimum absolute atomic E-state index is 0.0882. The number of aromatic nitrogens is 3. The Bertz CT molecular complexity index is 1800. The molecule has 5 aromatic rings. The lowest BCUT2D eigenvalue weighted by molar-refractivity contribution is -0.132. The maximum Gasteiger partial charge on any atom is 0.301 e. The molecule has 198 valence electrons. The first-order chi connectivity index (χ1) is 19.4. The first-order valence-electron chi connectivity index (χ1n) is 12.0. The number of carbonyl (C=O) groups excluding carboxylic acids is 2. The molecule has 3 heterocycles. The number of benzene rings is 3. The molecule has 1 unspecified atom stereocenters. The minimum atomic E-state index is -0.994. The molecule has 3 aromatic carbocycles. The smallest absolute Gasteiger partial charge is 0.301 e. The third kappa shape index (κ3) is 4.86. The van der Waals surface area contributed by atoms with E-state index < -0.39 is 17.7 Å². The van der Waals surface area contributed by atoms with Gasteiger partial charge in [-0.25, -0.2) is 0 Å². The zero-order valence-electron chi connectivity index (χ0n) is 20.5. The maximum atomic E-state index is 13.4. The number of hydrogen-bond acceptors (Lipinski definition) is 8. The van der Waals surface area contributed by atoms with Crippen LogP contribution in [-0.2, 0) is 15.3 Å². The molecule has 1 N–H and O–H groups in total. The lowest BCUT2D eigenvalue weighted by Gasteiger charge is -2.22. The highest BCUT2D eigenvalue weighted by Gasteiger charge is 2.48. The van der Waals surface area contributed by atoms with Gasteiger partial charge in [-0.3, -0.25) is 19.5 Å². The zero-order valence-corrected chi connectivity index (χ0v) is 23.6. The van der Waals surface area contributed by atoms with Crippen LogP contribution in [0.2, 0.25) is 10.0 Å². The predicted molar refractivity (Wildman–Crippen MR) is 159 cm³/mol. The molecule has 1 aliphatic rings. The van der Waals surface area contributed by atoms with E-state index in [0.29, 0.717) is 26.2 Å². The lowest BCUT2D eigenvalue weighted by atomic mass is 9.96. The van der Waals surface area contributed by atoms with E-state index in [1.54, 1.807) is 30.3 Å². The maximum absolute atomic E-state index is 13.4. The van der Waals surface area contributed by atoms with Crippen molar-refractivity contribution >= 4 is 79.7 Å². The fraction of sp³-hybridized carbons (Fsp3) is 0.0690. The van der Waals surface area contributed by atoms with E-state index in [0.717, 1.165) is 16.3 Å². The van der Waals surface area contributed by atoms with Crippen molar-refractivity contribution in [2.24, 2.45) is 0 Å². The first kappa shape index (κ1) is 26.5. The van der Waals surface area contributed by atoms with Crippen LogP contribution in [0.1, 0.15) is 22.7 Å². The number of aliphatic hydroxyl groups excluding tert-OH is 1. The summed E-state index contributed by atoms with van der Waals surface area (Å²) in [7, 11) is 0. The molecule has 0 saturated carbocycles. The standard InChI is InChI=1S/C29H18Cl2N4O3S2/c30-21-9-8-18(14-22(21)31)24-23(25(36)17-10-12-32-13-11-17)26(37)27(38)35(24)28-33-34-29(40-28)39-15-19-6-3-5-16-4-1-2-7-20(16)19/h1-14,24,36H,15H2. The number of hydrogen-bond donors (Lipinski definition) is 1. The highest BCUT2D eigenvalue weighted by molar-refractivity contribution is 8.00. The van der Waals surface area contributed by atoms with Crippen LogP contribution >= 0.6 is 46.3 Å². The van der Waals surface area contributed by atoms with Crippen LogP contribution in [0.25, 0.3) is 16.5 Å². The Morgan fingerprint density at radius 2 is 1.73 bits per heavy atom. The van der Waals surface area contributed by atoms with Crippen LogP contribution in [0.3, 0.4) is 0 Å². The van der Waals surface area contributed by atoms with E-state index in [-0.39, 0.29) is 21.5 Å². The van der Waals surface area contributed by atoms with Gasteiger partial charge in [0.25, 0.3) is 5.78 Å². The summed E-state index contributed by atoms with van der Waals surface area (Å²) >= 11 is 15.1. The summed E-state index contributed by atoms with van der Waals surface area (Å²) in [4.78, 5) is 32.0. The topological polar surface area (TPSA) is 96.3 Å². The summed E-state index contributed by atoms with van der Waals surface area (Å²) in [5, 5.41) is 22.9. The Morgan fingerprint density at radius 1 is 0.950 bits per heavy atom. The number of amides is 1. The molecule has 0 spiro atoms. The Hall–Kier alpha value is -3.76. The molecule has 1 fully saturated rings. The second-order valence-corrected chi connectivity index (χ2v) is 11.8. The largest absolute Gasteiger partial charge is 0.507 e. The number of carbonyl (C=O) groups is 2. The molecular weight excluding hydrogens is 587 g/mol. The van der Waals surface area contributed by atoms with Gasteiger partial charge in [-0.2, -0.15) is 0 Å². The third-order valence-corrected chi connectivity index (χ3v) is 9.33. The molecule has 7 nitrogen and oxygen atoms in total. The predicted octanol–water partition coefficient (Wildman–Crippen LogP) is 7.31. The van der Waals surface area contributed by atoms with Crippen LogP contribution < -0.4 is 4.90 Å². The first-order valence-corrected chi connectivity index (χ1v) is 14.6. The van der Waals surface area contributed by atoms with Gasteiger partial charge in [0.05, 0.1) is 21.7 Å². The molecule has 11 heteroatoms. The summed E-state index contributed by atoms with van der Waals surface area (Å²) in [5.74, 6) is -1.35. The average Bonchev–Trinajstić information content (AvgIpc) is 3.55. The summed E-state index contributed by atoms with van der Waals surface area (Å²) in [6, 6.07) is 21.2. The minimum Gasteiger partial charge on any atom is -0.507 e. The van der Waals surface area contributed by atoms with Crippen molar-refractivity contribution in [3.05, 3.63) is 117 Å². The zero-order chi connectivity index (χ0) is 27.8. The fourth-order valence-corrected chi connectivity index (χ4v) is 6.79. The molecular formula is C29H18Cl2N4O3S2. The highest BCUT2D eigenvalue weighted by atomic mass is 35.5. The Labute approximate surface area is 247 Å². The molecule has 1 saturated heterocycles. The van der Waals surface area contributed by atoms with Gasteiger partial charge in [0.1, 0.15) is 5.76 Å². The number of halogens is 2. The number of Topliss-reactive ketones (excluding diaryl/α,β-unsaturated/α-hetero) is 1. The van der Waals surface area contributed by atoms with Crippen LogP contribution in [0.4, 0.5) is 5.13 Å². The fourth-order valence-electron chi connectivity index (χ4n) is 4.61. The van der Waals surface area contributed by atoms with Gasteiger partial charge in [-0.05, 0) is 46.2 Å². The second kappa shape index (κ2) is 11.0. The molecule has 1 aliphatic heterocycles. The average molecular weight is 606 g/mol. The summed E-state index contributed by atoms with van der Waals surface area (Å²) in [5.41, 5.74) is 1.90.